The number of hydrogen-bond donors (Lipinski definition) is 1. The van der Waals surface area contributed by atoms with Crippen LogP contribution < -0.4 is 5.32 Å². The highest BCUT2D eigenvalue weighted by Crippen LogP contribution is 2.23. The van der Waals surface area contributed by atoms with Crippen LogP contribution in [0.5, 0.6) is 0 Å². The molecule has 0 fully saturated rings. The lowest BCUT2D eigenvalue weighted by Gasteiger charge is -2.25. The minimum absolute atomic E-state index is 0.00989. The molecule has 2 heterocycles. The molecule has 1 aromatic carbocycles. The Bertz CT molecular complexity index is 749. The van der Waals surface area contributed by atoms with E-state index in [0.29, 0.717) is 5.95 Å². The molecule has 3 aromatic rings. The van der Waals surface area contributed by atoms with Gasteiger partial charge in [-0.1, -0.05) is 44.2 Å². The van der Waals surface area contributed by atoms with Crippen LogP contribution in [0, 0.1) is 0 Å². The van der Waals surface area contributed by atoms with Crippen molar-refractivity contribution in [3.8, 4) is 0 Å². The molecule has 0 bridgehead atoms. The van der Waals surface area contributed by atoms with E-state index in [-0.39, 0.29) is 5.41 Å². The smallest absolute Gasteiger partial charge is 0.243 e. The van der Waals surface area contributed by atoms with Crippen molar-refractivity contribution in [1.82, 2.24) is 14.6 Å². The number of anilines is 1. The Labute approximate surface area is 132 Å². The second kappa shape index (κ2) is 5.48. The number of fused-ring (bicyclic) bond motifs is 1. The number of nitrogens with zero attached hydrogens (tertiary/aromatic N) is 3. The Hall–Kier alpha value is -1.88. The van der Waals surface area contributed by atoms with Gasteiger partial charge in [0.05, 0.1) is 4.47 Å². The summed E-state index contributed by atoms with van der Waals surface area (Å²) in [5.41, 5.74) is 2.12. The number of hydrogen-bond acceptors (Lipinski definition) is 3. The Balaban J connectivity index is 1.78. The summed E-state index contributed by atoms with van der Waals surface area (Å²) < 4.78 is 2.70. The van der Waals surface area contributed by atoms with Crippen molar-refractivity contribution >= 4 is 27.5 Å². The SMILES string of the molecule is CC(C)(CNc1nc2c(Br)cccn2n1)c1ccccc1. The quantitative estimate of drug-likeness (QED) is 0.780. The van der Waals surface area contributed by atoms with E-state index < -0.39 is 0 Å². The third-order valence-corrected chi connectivity index (χ3v) is 4.18. The van der Waals surface area contributed by atoms with Gasteiger partial charge in [0.15, 0.2) is 5.65 Å². The highest BCUT2D eigenvalue weighted by molar-refractivity contribution is 9.10. The molecule has 0 atom stereocenters. The van der Waals surface area contributed by atoms with Gasteiger partial charge in [0.2, 0.25) is 5.95 Å². The largest absolute Gasteiger partial charge is 0.352 e. The standard InChI is InChI=1S/C16H17BrN4/c1-16(2,12-7-4-3-5-8-12)11-18-15-19-14-13(17)9-6-10-21(14)20-15/h3-10H,11H2,1-2H3,(H,18,20). The van der Waals surface area contributed by atoms with Crippen LogP contribution in [-0.4, -0.2) is 21.1 Å². The molecular formula is C16H17BrN4. The minimum Gasteiger partial charge on any atom is -0.352 e. The summed E-state index contributed by atoms with van der Waals surface area (Å²) in [6, 6.07) is 14.4. The van der Waals surface area contributed by atoms with E-state index in [1.54, 1.807) is 4.52 Å². The lowest BCUT2D eigenvalue weighted by atomic mass is 9.85. The Morgan fingerprint density at radius 3 is 2.62 bits per heavy atom. The molecule has 0 radical (unpaired) electrons. The predicted molar refractivity (Wildman–Crippen MR) is 88.6 cm³/mol. The zero-order valence-electron chi connectivity index (χ0n) is 12.0. The molecule has 0 saturated heterocycles. The first-order valence-corrected chi connectivity index (χ1v) is 7.66. The summed E-state index contributed by atoms with van der Waals surface area (Å²) in [6.45, 7) is 5.19. The third-order valence-electron chi connectivity index (χ3n) is 3.56. The average molecular weight is 345 g/mol. The summed E-state index contributed by atoms with van der Waals surface area (Å²) in [4.78, 5) is 4.50. The van der Waals surface area contributed by atoms with Crippen LogP contribution in [0.2, 0.25) is 0 Å². The summed E-state index contributed by atoms with van der Waals surface area (Å²) in [6.07, 6.45) is 1.89. The van der Waals surface area contributed by atoms with Gasteiger partial charge >= 0.3 is 0 Å². The predicted octanol–water partition coefficient (Wildman–Crippen LogP) is 3.88. The van der Waals surface area contributed by atoms with Crippen LogP contribution in [-0.2, 0) is 5.41 Å². The first kappa shape index (κ1) is 14.1. The lowest BCUT2D eigenvalue weighted by Crippen LogP contribution is -2.27. The van der Waals surface area contributed by atoms with E-state index in [0.717, 1.165) is 16.7 Å². The zero-order valence-corrected chi connectivity index (χ0v) is 13.6. The molecule has 0 amide bonds. The van der Waals surface area contributed by atoms with Gasteiger partial charge in [-0.05, 0) is 33.6 Å². The molecule has 0 spiro atoms. The van der Waals surface area contributed by atoms with E-state index in [1.807, 2.05) is 24.4 Å². The molecular weight excluding hydrogens is 328 g/mol. The summed E-state index contributed by atoms with van der Waals surface area (Å²) in [5.74, 6) is 0.644. The van der Waals surface area contributed by atoms with Gasteiger partial charge < -0.3 is 5.32 Å². The number of nitrogens with one attached hydrogen (secondary N) is 1. The van der Waals surface area contributed by atoms with Crippen molar-refractivity contribution in [1.29, 1.82) is 0 Å². The first-order chi connectivity index (χ1) is 10.1. The zero-order chi connectivity index (χ0) is 14.9. The summed E-state index contributed by atoms with van der Waals surface area (Å²) >= 11 is 3.49. The van der Waals surface area contributed by atoms with Crippen molar-refractivity contribution in [2.45, 2.75) is 19.3 Å². The second-order valence-corrected chi connectivity index (χ2v) is 6.52. The van der Waals surface area contributed by atoms with Crippen molar-refractivity contribution in [3.05, 3.63) is 58.7 Å². The fourth-order valence-corrected chi connectivity index (χ4v) is 2.66. The van der Waals surface area contributed by atoms with Crippen LogP contribution in [0.1, 0.15) is 19.4 Å². The average Bonchev–Trinajstić information content (AvgIpc) is 2.91. The van der Waals surface area contributed by atoms with Gasteiger partial charge in [-0.2, -0.15) is 4.98 Å². The molecule has 2 aromatic heterocycles. The highest BCUT2D eigenvalue weighted by Gasteiger charge is 2.20. The number of pyridine rings is 1. The monoisotopic (exact) mass is 344 g/mol. The maximum absolute atomic E-state index is 4.50. The second-order valence-electron chi connectivity index (χ2n) is 5.66. The van der Waals surface area contributed by atoms with E-state index in [9.17, 15) is 0 Å². The highest BCUT2D eigenvalue weighted by atomic mass is 79.9. The van der Waals surface area contributed by atoms with Crippen molar-refractivity contribution < 1.29 is 0 Å². The molecule has 21 heavy (non-hydrogen) atoms. The third kappa shape index (κ3) is 2.93. The minimum atomic E-state index is 0.00989. The van der Waals surface area contributed by atoms with Crippen LogP contribution in [0.25, 0.3) is 5.65 Å². The van der Waals surface area contributed by atoms with Gasteiger partial charge in [0.25, 0.3) is 0 Å². The van der Waals surface area contributed by atoms with Crippen LogP contribution >= 0.6 is 15.9 Å². The Morgan fingerprint density at radius 2 is 1.90 bits per heavy atom. The molecule has 0 saturated carbocycles. The molecule has 3 rings (SSSR count). The maximum Gasteiger partial charge on any atom is 0.243 e. The number of rotatable bonds is 4. The number of benzene rings is 1. The fourth-order valence-electron chi connectivity index (χ4n) is 2.24. The van der Waals surface area contributed by atoms with Gasteiger partial charge in [-0.15, -0.1) is 5.10 Å². The molecule has 5 heteroatoms. The normalized spacial score (nSPS) is 11.8. The molecule has 108 valence electrons. The molecule has 4 nitrogen and oxygen atoms in total. The van der Waals surface area contributed by atoms with Crippen molar-refractivity contribution in [3.63, 3.8) is 0 Å². The van der Waals surface area contributed by atoms with Gasteiger partial charge in [0, 0.05) is 18.2 Å². The van der Waals surface area contributed by atoms with Crippen LogP contribution in [0.3, 0.4) is 0 Å². The fraction of sp³-hybridized carbons (Fsp3) is 0.250. The van der Waals surface area contributed by atoms with E-state index in [2.05, 4.69) is 69.4 Å². The molecule has 0 aliphatic heterocycles. The van der Waals surface area contributed by atoms with Crippen LogP contribution in [0.15, 0.2) is 53.1 Å². The topological polar surface area (TPSA) is 42.2 Å². The van der Waals surface area contributed by atoms with Gasteiger partial charge in [-0.3, -0.25) is 0 Å². The number of aromatic nitrogens is 3. The van der Waals surface area contributed by atoms with E-state index >= 15 is 0 Å². The van der Waals surface area contributed by atoms with Gasteiger partial charge in [-0.25, -0.2) is 4.52 Å². The molecule has 0 unspecified atom stereocenters. The summed E-state index contributed by atoms with van der Waals surface area (Å²) in [7, 11) is 0. The van der Waals surface area contributed by atoms with E-state index in [4.69, 9.17) is 0 Å². The molecule has 0 aliphatic carbocycles. The van der Waals surface area contributed by atoms with Crippen LogP contribution in [0.4, 0.5) is 5.95 Å². The summed E-state index contributed by atoms with van der Waals surface area (Å²) in [5, 5.41) is 7.77. The Morgan fingerprint density at radius 1 is 1.14 bits per heavy atom. The lowest BCUT2D eigenvalue weighted by molar-refractivity contribution is 0.555. The van der Waals surface area contributed by atoms with E-state index in [1.165, 1.54) is 5.56 Å². The van der Waals surface area contributed by atoms with Gasteiger partial charge in [0.1, 0.15) is 0 Å². The van der Waals surface area contributed by atoms with Crippen molar-refractivity contribution in [2.75, 3.05) is 11.9 Å². The molecule has 0 aliphatic rings. The van der Waals surface area contributed by atoms with Crippen molar-refractivity contribution in [2.24, 2.45) is 0 Å². The Kier molecular flexibility index (Phi) is 3.68. The maximum atomic E-state index is 4.50. The first-order valence-electron chi connectivity index (χ1n) is 6.86. The number of halogens is 1. The molecule has 1 N–H and O–H groups in total.